The molecule has 3 aromatic rings. The first-order valence-electron chi connectivity index (χ1n) is 11.4. The van der Waals surface area contributed by atoms with Crippen LogP contribution in [0.1, 0.15) is 12.5 Å². The van der Waals surface area contributed by atoms with Crippen LogP contribution in [0.2, 0.25) is 0 Å². The minimum Gasteiger partial charge on any atom is -0.492 e. The summed E-state index contributed by atoms with van der Waals surface area (Å²) < 4.78 is 38.5. The monoisotopic (exact) mass is 509 g/mol. The van der Waals surface area contributed by atoms with Crippen molar-refractivity contribution in [1.82, 2.24) is 14.7 Å². The Hall–Kier alpha value is -3.92. The zero-order valence-electron chi connectivity index (χ0n) is 20.0. The Morgan fingerprint density at radius 3 is 2.64 bits per heavy atom. The quantitative estimate of drug-likeness (QED) is 0.394. The third-order valence-corrected chi connectivity index (χ3v) is 6.97. The van der Waals surface area contributed by atoms with Gasteiger partial charge in [0.15, 0.2) is 5.82 Å². The highest BCUT2D eigenvalue weighted by Gasteiger charge is 2.19. The summed E-state index contributed by atoms with van der Waals surface area (Å²) >= 11 is 0. The van der Waals surface area contributed by atoms with E-state index in [1.165, 1.54) is 19.3 Å². The predicted octanol–water partition coefficient (Wildman–Crippen LogP) is 2.98. The van der Waals surface area contributed by atoms with Crippen LogP contribution < -0.4 is 25.0 Å². The van der Waals surface area contributed by atoms with Crippen LogP contribution in [-0.2, 0) is 14.8 Å². The third kappa shape index (κ3) is 5.65. The number of aromatic nitrogens is 2. The lowest BCUT2D eigenvalue weighted by Crippen LogP contribution is -2.36. The van der Waals surface area contributed by atoms with E-state index in [1.807, 2.05) is 31.2 Å². The SMILES string of the molecule is CCOc1cc(N2CCOCC2)ccc1Nc1ncc(C#N)c(Nc2ccccc2S(=O)(=O)NC)n1. The highest BCUT2D eigenvalue weighted by atomic mass is 32.2. The molecule has 2 aromatic carbocycles. The maximum absolute atomic E-state index is 12.4. The average molecular weight is 510 g/mol. The van der Waals surface area contributed by atoms with Gasteiger partial charge in [-0.05, 0) is 38.2 Å². The van der Waals surface area contributed by atoms with Crippen molar-refractivity contribution in [2.24, 2.45) is 0 Å². The van der Waals surface area contributed by atoms with Crippen LogP contribution in [0.3, 0.4) is 0 Å². The molecule has 0 atom stereocenters. The lowest BCUT2D eigenvalue weighted by molar-refractivity contribution is 0.122. The lowest BCUT2D eigenvalue weighted by atomic mass is 10.2. The molecule has 0 unspecified atom stereocenters. The number of nitrogens with one attached hydrogen (secondary N) is 3. The van der Waals surface area contributed by atoms with E-state index in [1.54, 1.807) is 18.2 Å². The van der Waals surface area contributed by atoms with Crippen molar-refractivity contribution in [2.45, 2.75) is 11.8 Å². The first kappa shape index (κ1) is 25.2. The molecule has 1 aliphatic rings. The molecular weight excluding hydrogens is 482 g/mol. The van der Waals surface area contributed by atoms with Crippen LogP contribution in [0.15, 0.2) is 53.6 Å². The summed E-state index contributed by atoms with van der Waals surface area (Å²) in [5.74, 6) is 1.01. The number of sulfonamides is 1. The molecular formula is C24H27N7O4S. The summed E-state index contributed by atoms with van der Waals surface area (Å²) in [4.78, 5) is 11.0. The van der Waals surface area contributed by atoms with Crippen molar-refractivity contribution >= 4 is 38.9 Å². The van der Waals surface area contributed by atoms with Gasteiger partial charge in [0.1, 0.15) is 22.3 Å². The molecule has 2 heterocycles. The minimum absolute atomic E-state index is 0.0295. The summed E-state index contributed by atoms with van der Waals surface area (Å²) in [5, 5.41) is 15.7. The Morgan fingerprint density at radius 2 is 1.92 bits per heavy atom. The van der Waals surface area contributed by atoms with Gasteiger partial charge in [0.25, 0.3) is 0 Å². The number of hydrogen-bond donors (Lipinski definition) is 3. The van der Waals surface area contributed by atoms with Gasteiger partial charge in [-0.25, -0.2) is 18.1 Å². The van der Waals surface area contributed by atoms with E-state index >= 15 is 0 Å². The Morgan fingerprint density at radius 1 is 1.14 bits per heavy atom. The number of rotatable bonds is 9. The van der Waals surface area contributed by atoms with Gasteiger partial charge in [0, 0.05) is 24.8 Å². The molecule has 1 saturated heterocycles. The molecule has 188 valence electrons. The van der Waals surface area contributed by atoms with E-state index in [4.69, 9.17) is 9.47 Å². The van der Waals surface area contributed by atoms with Crippen molar-refractivity contribution in [3.8, 4) is 11.8 Å². The second kappa shape index (κ2) is 11.2. The van der Waals surface area contributed by atoms with Gasteiger partial charge >= 0.3 is 0 Å². The molecule has 36 heavy (non-hydrogen) atoms. The highest BCUT2D eigenvalue weighted by Crippen LogP contribution is 2.33. The maximum atomic E-state index is 12.4. The molecule has 0 spiro atoms. The fourth-order valence-electron chi connectivity index (χ4n) is 3.69. The van der Waals surface area contributed by atoms with Crippen molar-refractivity contribution in [1.29, 1.82) is 5.26 Å². The molecule has 0 aliphatic carbocycles. The number of anilines is 5. The van der Waals surface area contributed by atoms with E-state index in [9.17, 15) is 13.7 Å². The summed E-state index contributed by atoms with van der Waals surface area (Å²) in [7, 11) is -2.40. The van der Waals surface area contributed by atoms with Crippen LogP contribution in [-0.4, -0.2) is 58.3 Å². The van der Waals surface area contributed by atoms with Gasteiger partial charge in [0.2, 0.25) is 16.0 Å². The molecule has 1 aliphatic heterocycles. The number of para-hydroxylation sites is 1. The second-order valence-corrected chi connectivity index (χ2v) is 9.59. The Kier molecular flexibility index (Phi) is 7.84. The van der Waals surface area contributed by atoms with Gasteiger partial charge in [-0.2, -0.15) is 10.2 Å². The average Bonchev–Trinajstić information content (AvgIpc) is 2.91. The number of hydrogen-bond acceptors (Lipinski definition) is 10. The first-order chi connectivity index (χ1) is 17.4. The van der Waals surface area contributed by atoms with E-state index in [2.05, 4.69) is 30.2 Å². The van der Waals surface area contributed by atoms with Crippen LogP contribution >= 0.6 is 0 Å². The van der Waals surface area contributed by atoms with Crippen LogP contribution in [0.5, 0.6) is 5.75 Å². The molecule has 0 bridgehead atoms. The number of morpholine rings is 1. The van der Waals surface area contributed by atoms with Crippen molar-refractivity contribution in [3.63, 3.8) is 0 Å². The zero-order chi connectivity index (χ0) is 25.5. The number of nitriles is 1. The Balaban J connectivity index is 1.64. The molecule has 0 amide bonds. The summed E-state index contributed by atoms with van der Waals surface area (Å²) in [5.41, 5.74) is 2.11. The standard InChI is InChI=1S/C24H27N7O4S/c1-3-35-21-14-18(31-10-12-34-13-11-31)8-9-19(21)29-24-27-16-17(15-25)23(30-24)28-20-6-4-5-7-22(20)36(32,33)26-2/h4-9,14,16,26H,3,10-13H2,1-2H3,(H2,27,28,29,30). The van der Waals surface area contributed by atoms with Gasteiger partial charge in [-0.1, -0.05) is 12.1 Å². The molecule has 12 heteroatoms. The zero-order valence-corrected chi connectivity index (χ0v) is 20.8. The number of ether oxygens (including phenoxy) is 2. The predicted molar refractivity (Wildman–Crippen MR) is 137 cm³/mol. The third-order valence-electron chi connectivity index (χ3n) is 5.50. The van der Waals surface area contributed by atoms with Crippen LogP contribution in [0.4, 0.5) is 28.8 Å². The largest absolute Gasteiger partial charge is 0.492 e. The van der Waals surface area contributed by atoms with Gasteiger partial charge in [-0.15, -0.1) is 0 Å². The molecule has 11 nitrogen and oxygen atoms in total. The molecule has 1 fully saturated rings. The molecule has 1 aromatic heterocycles. The first-order valence-corrected chi connectivity index (χ1v) is 12.9. The van der Waals surface area contributed by atoms with Crippen LogP contribution in [0.25, 0.3) is 0 Å². The normalized spacial score (nSPS) is 13.6. The fraction of sp³-hybridized carbons (Fsp3) is 0.292. The minimum atomic E-state index is -3.74. The van der Waals surface area contributed by atoms with E-state index < -0.39 is 10.0 Å². The highest BCUT2D eigenvalue weighted by molar-refractivity contribution is 7.89. The molecule has 4 rings (SSSR count). The lowest BCUT2D eigenvalue weighted by Gasteiger charge is -2.29. The van der Waals surface area contributed by atoms with Crippen molar-refractivity contribution < 1.29 is 17.9 Å². The fourth-order valence-corrected chi connectivity index (χ4v) is 4.58. The van der Waals surface area contributed by atoms with Gasteiger partial charge < -0.3 is 25.0 Å². The Bertz CT molecular complexity index is 1370. The smallest absolute Gasteiger partial charge is 0.242 e. The Labute approximate surface area is 210 Å². The number of benzene rings is 2. The molecule has 3 N–H and O–H groups in total. The van der Waals surface area contributed by atoms with E-state index in [-0.39, 0.29) is 27.9 Å². The van der Waals surface area contributed by atoms with Crippen LogP contribution in [0, 0.1) is 11.3 Å². The summed E-state index contributed by atoms with van der Waals surface area (Å²) in [6.07, 6.45) is 1.37. The van der Waals surface area contributed by atoms with Gasteiger partial charge in [0.05, 0.1) is 37.4 Å². The van der Waals surface area contributed by atoms with E-state index in [0.29, 0.717) is 31.3 Å². The maximum Gasteiger partial charge on any atom is 0.242 e. The summed E-state index contributed by atoms with van der Waals surface area (Å²) in [6, 6.07) is 14.2. The number of nitrogens with zero attached hydrogens (tertiary/aromatic N) is 4. The van der Waals surface area contributed by atoms with Crippen molar-refractivity contribution in [2.75, 3.05) is 55.5 Å². The topological polar surface area (TPSA) is 142 Å². The van der Waals surface area contributed by atoms with Gasteiger partial charge in [-0.3, -0.25) is 0 Å². The second-order valence-electron chi connectivity index (χ2n) is 7.73. The van der Waals surface area contributed by atoms with E-state index in [0.717, 1.165) is 18.8 Å². The van der Waals surface area contributed by atoms with Crippen molar-refractivity contribution in [3.05, 3.63) is 54.2 Å². The molecule has 0 saturated carbocycles. The molecule has 0 radical (unpaired) electrons. The summed E-state index contributed by atoms with van der Waals surface area (Å²) in [6.45, 7) is 5.34.